The number of rotatable bonds is 8. The van der Waals surface area contributed by atoms with Crippen molar-refractivity contribution < 1.29 is 19.2 Å². The second kappa shape index (κ2) is 9.84. The minimum Gasteiger partial charge on any atom is -0.493 e. The van der Waals surface area contributed by atoms with E-state index in [1.165, 1.54) is 18.3 Å². The zero-order chi connectivity index (χ0) is 21.5. The second-order valence-corrected chi connectivity index (χ2v) is 7.00. The first kappa shape index (κ1) is 21.3. The maximum absolute atomic E-state index is 12.1. The molecule has 0 radical (unpaired) electrons. The Hall–Kier alpha value is -3.46. The van der Waals surface area contributed by atoms with Gasteiger partial charge in [-0.1, -0.05) is 46.3 Å². The van der Waals surface area contributed by atoms with Gasteiger partial charge in [-0.2, -0.15) is 5.10 Å². The van der Waals surface area contributed by atoms with E-state index in [0.29, 0.717) is 16.8 Å². The number of ether oxygens (including phenoxy) is 2. The number of carbonyl (C=O) groups is 1. The molecule has 0 aliphatic heterocycles. The summed E-state index contributed by atoms with van der Waals surface area (Å²) in [7, 11) is 0. The van der Waals surface area contributed by atoms with Gasteiger partial charge in [0, 0.05) is 16.1 Å². The molecule has 0 saturated carbocycles. The van der Waals surface area contributed by atoms with E-state index in [2.05, 4.69) is 26.5 Å². The number of hydrogen-bond acceptors (Lipinski definition) is 6. The van der Waals surface area contributed by atoms with Gasteiger partial charge < -0.3 is 9.47 Å². The van der Waals surface area contributed by atoms with E-state index in [-0.39, 0.29) is 11.4 Å². The molecule has 1 amide bonds. The van der Waals surface area contributed by atoms with Gasteiger partial charge in [-0.25, -0.2) is 5.43 Å². The Labute approximate surface area is 180 Å². The molecular weight excluding hydrogens is 454 g/mol. The van der Waals surface area contributed by atoms with Crippen LogP contribution in [-0.2, 0) is 4.79 Å². The first-order valence-electron chi connectivity index (χ1n) is 9.02. The number of amides is 1. The molecule has 3 aromatic carbocycles. The van der Waals surface area contributed by atoms with Crippen LogP contribution < -0.4 is 14.9 Å². The van der Waals surface area contributed by atoms with E-state index in [9.17, 15) is 14.9 Å². The largest absolute Gasteiger partial charge is 0.493 e. The van der Waals surface area contributed by atoms with Crippen molar-refractivity contribution in [1.82, 2.24) is 5.43 Å². The number of carbonyl (C=O) groups excluding carboxylic acids is 1. The molecule has 0 unspecified atom stereocenters. The Morgan fingerprint density at radius 3 is 2.70 bits per heavy atom. The van der Waals surface area contributed by atoms with E-state index in [1.807, 2.05) is 43.3 Å². The van der Waals surface area contributed by atoms with Crippen LogP contribution in [0.25, 0.3) is 10.8 Å². The first-order chi connectivity index (χ1) is 14.5. The molecule has 3 rings (SSSR count). The van der Waals surface area contributed by atoms with Crippen molar-refractivity contribution in [2.45, 2.75) is 6.92 Å². The lowest BCUT2D eigenvalue weighted by Gasteiger charge is -2.10. The molecule has 0 aliphatic rings. The number of halogens is 1. The van der Waals surface area contributed by atoms with E-state index >= 15 is 0 Å². The zero-order valence-corrected chi connectivity index (χ0v) is 17.6. The summed E-state index contributed by atoms with van der Waals surface area (Å²) in [6, 6.07) is 15.9. The van der Waals surface area contributed by atoms with Gasteiger partial charge in [-0.3, -0.25) is 14.9 Å². The van der Waals surface area contributed by atoms with Gasteiger partial charge in [0.05, 0.1) is 17.7 Å². The number of fused-ring (bicyclic) bond motifs is 1. The van der Waals surface area contributed by atoms with Crippen LogP contribution >= 0.6 is 15.9 Å². The quantitative estimate of drug-likeness (QED) is 0.297. The molecule has 30 heavy (non-hydrogen) atoms. The SMILES string of the molecule is CCOc1ccc2ccccc2c1C=NNC(=O)COc1ccc(Br)cc1[N+](=O)[O-]. The fraction of sp³-hybridized carbons (Fsp3) is 0.143. The zero-order valence-electron chi connectivity index (χ0n) is 16.0. The van der Waals surface area contributed by atoms with Crippen molar-refractivity contribution in [2.24, 2.45) is 5.10 Å². The summed E-state index contributed by atoms with van der Waals surface area (Å²) in [4.78, 5) is 22.6. The van der Waals surface area contributed by atoms with Crippen molar-refractivity contribution >= 4 is 44.5 Å². The predicted octanol–water partition coefficient (Wildman–Crippen LogP) is 4.44. The Kier molecular flexibility index (Phi) is 6.97. The van der Waals surface area contributed by atoms with Crippen molar-refractivity contribution in [2.75, 3.05) is 13.2 Å². The minimum absolute atomic E-state index is 0.00462. The number of nitro benzene ring substituents is 1. The normalized spacial score (nSPS) is 10.9. The summed E-state index contributed by atoms with van der Waals surface area (Å²) >= 11 is 3.17. The third-order valence-corrected chi connectivity index (χ3v) is 4.58. The van der Waals surface area contributed by atoms with Crippen molar-refractivity contribution in [3.8, 4) is 11.5 Å². The molecule has 9 heteroatoms. The monoisotopic (exact) mass is 471 g/mol. The number of nitro groups is 1. The van der Waals surface area contributed by atoms with Crippen molar-refractivity contribution in [3.05, 3.63) is 74.7 Å². The Balaban J connectivity index is 1.70. The van der Waals surface area contributed by atoms with Gasteiger partial charge in [-0.05, 0) is 35.9 Å². The Bertz CT molecular complexity index is 1120. The van der Waals surface area contributed by atoms with Crippen LogP contribution in [0.5, 0.6) is 11.5 Å². The molecule has 3 aromatic rings. The van der Waals surface area contributed by atoms with Crippen LogP contribution in [0.15, 0.2) is 64.2 Å². The molecule has 1 N–H and O–H groups in total. The standard InChI is InChI=1S/C21H18BrN3O5/c1-2-29-19-9-7-14-5-3-4-6-16(14)17(19)12-23-24-21(26)13-30-20-10-8-15(22)11-18(20)25(27)28/h3-12H,2,13H2,1H3,(H,24,26). The topological polar surface area (TPSA) is 103 Å². The molecule has 0 heterocycles. The van der Waals surface area contributed by atoms with Gasteiger partial charge in [0.15, 0.2) is 12.4 Å². The summed E-state index contributed by atoms with van der Waals surface area (Å²) in [6.45, 7) is 1.95. The minimum atomic E-state index is -0.577. The molecule has 154 valence electrons. The summed E-state index contributed by atoms with van der Waals surface area (Å²) in [5, 5.41) is 17.0. The molecule has 0 bridgehead atoms. The summed E-state index contributed by atoms with van der Waals surface area (Å²) < 4.78 is 11.5. The lowest BCUT2D eigenvalue weighted by Crippen LogP contribution is -2.24. The number of nitrogens with one attached hydrogen (secondary N) is 1. The van der Waals surface area contributed by atoms with E-state index in [1.54, 1.807) is 6.07 Å². The third-order valence-electron chi connectivity index (χ3n) is 4.09. The highest BCUT2D eigenvalue weighted by Crippen LogP contribution is 2.30. The molecule has 0 atom stereocenters. The lowest BCUT2D eigenvalue weighted by molar-refractivity contribution is -0.385. The predicted molar refractivity (Wildman–Crippen MR) is 117 cm³/mol. The summed E-state index contributed by atoms with van der Waals surface area (Å²) in [5.41, 5.74) is 2.86. The maximum atomic E-state index is 12.1. The molecular formula is C21H18BrN3O5. The summed E-state index contributed by atoms with van der Waals surface area (Å²) in [5.74, 6) is 0.0904. The third kappa shape index (κ3) is 5.12. The smallest absolute Gasteiger partial charge is 0.312 e. The number of hydrogen-bond donors (Lipinski definition) is 1. The van der Waals surface area contributed by atoms with Crippen LogP contribution in [0.2, 0.25) is 0 Å². The Morgan fingerprint density at radius 2 is 1.93 bits per heavy atom. The molecule has 0 fully saturated rings. The summed E-state index contributed by atoms with van der Waals surface area (Å²) in [6.07, 6.45) is 1.51. The van der Waals surface area contributed by atoms with Crippen LogP contribution in [0.1, 0.15) is 12.5 Å². The molecule has 8 nitrogen and oxygen atoms in total. The fourth-order valence-electron chi connectivity index (χ4n) is 2.79. The van der Waals surface area contributed by atoms with Gasteiger partial charge in [0.2, 0.25) is 0 Å². The van der Waals surface area contributed by atoms with Gasteiger partial charge in [-0.15, -0.1) is 0 Å². The highest BCUT2D eigenvalue weighted by atomic mass is 79.9. The number of nitrogens with zero attached hydrogens (tertiary/aromatic N) is 2. The molecule has 0 aromatic heterocycles. The highest BCUT2D eigenvalue weighted by Gasteiger charge is 2.16. The van der Waals surface area contributed by atoms with Crippen molar-refractivity contribution in [3.63, 3.8) is 0 Å². The van der Waals surface area contributed by atoms with E-state index in [0.717, 1.165) is 16.3 Å². The molecule has 0 spiro atoms. The average molecular weight is 472 g/mol. The maximum Gasteiger partial charge on any atom is 0.312 e. The fourth-order valence-corrected chi connectivity index (χ4v) is 3.14. The van der Waals surface area contributed by atoms with Gasteiger partial charge in [0.1, 0.15) is 5.75 Å². The van der Waals surface area contributed by atoms with Gasteiger partial charge in [0.25, 0.3) is 5.91 Å². The molecule has 0 aliphatic carbocycles. The van der Waals surface area contributed by atoms with Crippen LogP contribution in [0.3, 0.4) is 0 Å². The van der Waals surface area contributed by atoms with Crippen LogP contribution in [0, 0.1) is 10.1 Å². The average Bonchev–Trinajstić information content (AvgIpc) is 2.74. The lowest BCUT2D eigenvalue weighted by atomic mass is 10.0. The van der Waals surface area contributed by atoms with E-state index in [4.69, 9.17) is 9.47 Å². The second-order valence-electron chi connectivity index (χ2n) is 6.08. The van der Waals surface area contributed by atoms with Crippen LogP contribution in [0.4, 0.5) is 5.69 Å². The molecule has 0 saturated heterocycles. The van der Waals surface area contributed by atoms with Crippen molar-refractivity contribution in [1.29, 1.82) is 0 Å². The van der Waals surface area contributed by atoms with E-state index < -0.39 is 17.4 Å². The first-order valence-corrected chi connectivity index (χ1v) is 9.82. The Morgan fingerprint density at radius 1 is 1.17 bits per heavy atom. The van der Waals surface area contributed by atoms with Gasteiger partial charge >= 0.3 is 5.69 Å². The number of hydrazone groups is 1. The number of benzene rings is 3. The van der Waals surface area contributed by atoms with Crippen LogP contribution in [-0.4, -0.2) is 30.3 Å². The highest BCUT2D eigenvalue weighted by molar-refractivity contribution is 9.10.